The van der Waals surface area contributed by atoms with Gasteiger partial charge in [0.15, 0.2) is 0 Å². The number of amides is 1. The van der Waals surface area contributed by atoms with Crippen LogP contribution in [0.2, 0.25) is 0 Å². The Morgan fingerprint density at radius 2 is 2.16 bits per heavy atom. The summed E-state index contributed by atoms with van der Waals surface area (Å²) in [6.45, 7) is 5.84. The highest BCUT2D eigenvalue weighted by atomic mass is 19.3. The summed E-state index contributed by atoms with van der Waals surface area (Å²) < 4.78 is 40.5. The van der Waals surface area contributed by atoms with Crippen LogP contribution >= 0.6 is 0 Å². The van der Waals surface area contributed by atoms with Gasteiger partial charge in [0.05, 0.1) is 18.2 Å². The van der Waals surface area contributed by atoms with Crippen molar-refractivity contribution < 1.29 is 23.0 Å². The minimum absolute atomic E-state index is 0.159. The molecule has 5 nitrogen and oxygen atoms in total. The Bertz CT molecular complexity index is 658. The van der Waals surface area contributed by atoms with Crippen LogP contribution in [0.1, 0.15) is 38.7 Å². The summed E-state index contributed by atoms with van der Waals surface area (Å²) in [4.78, 5) is 13.2. The van der Waals surface area contributed by atoms with Crippen LogP contribution in [0.5, 0.6) is 5.75 Å². The second-order valence-corrected chi connectivity index (χ2v) is 7.50. The molecule has 1 aromatic rings. The van der Waals surface area contributed by atoms with Gasteiger partial charge < -0.3 is 19.7 Å². The van der Waals surface area contributed by atoms with Crippen LogP contribution in [-0.2, 0) is 4.74 Å². The van der Waals surface area contributed by atoms with Crippen molar-refractivity contribution >= 4 is 11.8 Å². The summed E-state index contributed by atoms with van der Waals surface area (Å²) in [7, 11) is 0. The lowest BCUT2D eigenvalue weighted by atomic mass is 9.85. The molecule has 1 fully saturated rings. The average molecular weight is 354 g/mol. The Morgan fingerprint density at radius 3 is 2.84 bits per heavy atom. The normalized spacial score (nSPS) is 22.4. The summed E-state index contributed by atoms with van der Waals surface area (Å²) in [6, 6.07) is 5.27. The summed E-state index contributed by atoms with van der Waals surface area (Å²) >= 11 is 0. The van der Waals surface area contributed by atoms with Crippen LogP contribution < -0.4 is 10.1 Å². The van der Waals surface area contributed by atoms with Gasteiger partial charge in [-0.3, -0.25) is 0 Å². The maximum absolute atomic E-state index is 14.8. The summed E-state index contributed by atoms with van der Waals surface area (Å²) in [5.74, 6) is -3.53. The van der Waals surface area contributed by atoms with Crippen LogP contribution in [0.3, 0.4) is 0 Å². The fraction of sp³-hybridized carbons (Fsp3) is 0.611. The Kier molecular flexibility index (Phi) is 4.51. The molecule has 0 spiro atoms. The largest absolute Gasteiger partial charge is 0.489 e. The standard InChI is InChI=1S/C18H24F2N2O3/c1-17(2,3)25-16(23)22-9-7-13(18(19,20)11-22)12-5-4-6-14-15(12)24-10-8-21-14/h4-6,13,21H,7-11H2,1-3H3. The number of alkyl halides is 2. The van der Waals surface area contributed by atoms with E-state index >= 15 is 0 Å². The van der Waals surface area contributed by atoms with Gasteiger partial charge in [-0.25, -0.2) is 13.6 Å². The first-order valence-corrected chi connectivity index (χ1v) is 8.53. The van der Waals surface area contributed by atoms with Crippen molar-refractivity contribution in [2.75, 3.05) is 31.6 Å². The molecule has 2 aliphatic rings. The molecule has 0 bridgehead atoms. The minimum atomic E-state index is -3.05. The van der Waals surface area contributed by atoms with E-state index in [9.17, 15) is 13.6 Å². The molecule has 1 saturated heterocycles. The molecule has 0 radical (unpaired) electrons. The number of rotatable bonds is 1. The fourth-order valence-corrected chi connectivity index (χ4v) is 3.27. The number of likely N-dealkylation sites (tertiary alicyclic amines) is 1. The Balaban J connectivity index is 1.79. The van der Waals surface area contributed by atoms with E-state index in [1.54, 1.807) is 32.9 Å². The number of hydrogen-bond acceptors (Lipinski definition) is 4. The smallest absolute Gasteiger partial charge is 0.410 e. The van der Waals surface area contributed by atoms with Gasteiger partial charge in [-0.1, -0.05) is 12.1 Å². The number of carbonyl (C=O) groups excluding carboxylic acids is 1. The van der Waals surface area contributed by atoms with Gasteiger partial charge in [0.1, 0.15) is 18.0 Å². The number of nitrogens with zero attached hydrogens (tertiary/aromatic N) is 1. The van der Waals surface area contributed by atoms with Crippen LogP contribution in [0.25, 0.3) is 0 Å². The molecule has 1 unspecified atom stereocenters. The van der Waals surface area contributed by atoms with Gasteiger partial charge in [0.2, 0.25) is 0 Å². The number of nitrogens with one attached hydrogen (secondary N) is 1. The summed E-state index contributed by atoms with van der Waals surface area (Å²) in [5.41, 5.74) is 0.536. The predicted molar refractivity (Wildman–Crippen MR) is 90.5 cm³/mol. The van der Waals surface area contributed by atoms with E-state index in [0.717, 1.165) is 10.6 Å². The molecule has 1 atom stereocenters. The van der Waals surface area contributed by atoms with E-state index in [2.05, 4.69) is 5.32 Å². The molecule has 0 saturated carbocycles. The highest BCUT2D eigenvalue weighted by Crippen LogP contribution is 2.46. The zero-order valence-corrected chi connectivity index (χ0v) is 14.8. The molecule has 0 aromatic heterocycles. The Morgan fingerprint density at radius 1 is 1.40 bits per heavy atom. The van der Waals surface area contributed by atoms with E-state index in [0.29, 0.717) is 24.5 Å². The molecule has 2 heterocycles. The maximum Gasteiger partial charge on any atom is 0.410 e. The second kappa shape index (κ2) is 6.35. The van der Waals surface area contributed by atoms with Gasteiger partial charge in [-0.15, -0.1) is 0 Å². The van der Waals surface area contributed by atoms with E-state index in [4.69, 9.17) is 9.47 Å². The predicted octanol–water partition coefficient (Wildman–Crippen LogP) is 3.85. The number of para-hydroxylation sites is 1. The molecule has 2 aliphatic heterocycles. The molecule has 1 amide bonds. The summed E-state index contributed by atoms with van der Waals surface area (Å²) in [6.07, 6.45) is -0.537. The van der Waals surface area contributed by atoms with Crippen LogP contribution in [-0.4, -0.2) is 48.8 Å². The monoisotopic (exact) mass is 354 g/mol. The van der Waals surface area contributed by atoms with E-state index in [-0.39, 0.29) is 13.0 Å². The zero-order chi connectivity index (χ0) is 18.2. The lowest BCUT2D eigenvalue weighted by molar-refractivity contribution is -0.0853. The van der Waals surface area contributed by atoms with Gasteiger partial charge in [0, 0.05) is 18.7 Å². The topological polar surface area (TPSA) is 50.8 Å². The first kappa shape index (κ1) is 17.8. The Labute approximate surface area is 146 Å². The molecule has 3 rings (SSSR count). The fourth-order valence-electron chi connectivity index (χ4n) is 3.27. The van der Waals surface area contributed by atoms with Crippen molar-refractivity contribution in [1.29, 1.82) is 0 Å². The van der Waals surface area contributed by atoms with Crippen molar-refractivity contribution in [1.82, 2.24) is 4.90 Å². The molecule has 1 aromatic carbocycles. The third-order valence-electron chi connectivity index (χ3n) is 4.34. The SMILES string of the molecule is CC(C)(C)OC(=O)N1CCC(c2cccc3c2OCCN3)C(F)(F)C1. The van der Waals surface area contributed by atoms with Gasteiger partial charge >= 0.3 is 6.09 Å². The Hall–Kier alpha value is -2.05. The third-order valence-corrected chi connectivity index (χ3v) is 4.34. The number of ether oxygens (including phenoxy) is 2. The first-order chi connectivity index (χ1) is 11.7. The quantitative estimate of drug-likeness (QED) is 0.832. The first-order valence-electron chi connectivity index (χ1n) is 8.53. The van der Waals surface area contributed by atoms with E-state index < -0.39 is 30.1 Å². The average Bonchev–Trinajstić information content (AvgIpc) is 2.52. The van der Waals surface area contributed by atoms with Crippen LogP contribution in [0.15, 0.2) is 18.2 Å². The van der Waals surface area contributed by atoms with Crippen molar-refractivity contribution in [2.45, 2.75) is 44.6 Å². The van der Waals surface area contributed by atoms with Crippen LogP contribution in [0, 0.1) is 0 Å². The number of halogens is 2. The molecule has 1 N–H and O–H groups in total. The molecular formula is C18H24F2N2O3. The van der Waals surface area contributed by atoms with Gasteiger partial charge in [-0.05, 0) is 33.3 Å². The molecule has 138 valence electrons. The van der Waals surface area contributed by atoms with Crippen molar-refractivity contribution in [3.63, 3.8) is 0 Å². The van der Waals surface area contributed by atoms with Crippen molar-refractivity contribution in [3.8, 4) is 5.75 Å². The van der Waals surface area contributed by atoms with Gasteiger partial charge in [-0.2, -0.15) is 0 Å². The highest BCUT2D eigenvalue weighted by molar-refractivity contribution is 5.69. The second-order valence-electron chi connectivity index (χ2n) is 7.50. The third kappa shape index (κ3) is 3.80. The number of carbonyl (C=O) groups is 1. The zero-order valence-electron chi connectivity index (χ0n) is 14.8. The molecule has 7 heteroatoms. The number of fused-ring (bicyclic) bond motifs is 1. The number of benzene rings is 1. The molecule has 25 heavy (non-hydrogen) atoms. The highest BCUT2D eigenvalue weighted by Gasteiger charge is 2.48. The number of piperidine rings is 1. The minimum Gasteiger partial charge on any atom is -0.489 e. The molecule has 0 aliphatic carbocycles. The number of anilines is 1. The lowest BCUT2D eigenvalue weighted by Gasteiger charge is -2.39. The number of hydrogen-bond donors (Lipinski definition) is 1. The van der Waals surface area contributed by atoms with E-state index in [1.807, 2.05) is 6.07 Å². The van der Waals surface area contributed by atoms with Crippen LogP contribution in [0.4, 0.5) is 19.3 Å². The van der Waals surface area contributed by atoms with Crippen molar-refractivity contribution in [3.05, 3.63) is 23.8 Å². The maximum atomic E-state index is 14.8. The van der Waals surface area contributed by atoms with E-state index in [1.165, 1.54) is 0 Å². The van der Waals surface area contributed by atoms with Gasteiger partial charge in [0.25, 0.3) is 5.92 Å². The lowest BCUT2D eigenvalue weighted by Crippen LogP contribution is -2.51. The van der Waals surface area contributed by atoms with Crippen molar-refractivity contribution in [2.24, 2.45) is 0 Å². The molecular weight excluding hydrogens is 330 g/mol. The summed E-state index contributed by atoms with van der Waals surface area (Å²) in [5, 5.41) is 3.17.